The minimum Gasteiger partial charge on any atom is -0.871 e. The topological polar surface area (TPSA) is 55.3 Å². The summed E-state index contributed by atoms with van der Waals surface area (Å²) in [4.78, 5) is 0. The van der Waals surface area contributed by atoms with Gasteiger partial charge >= 0.3 is 0 Å². The third-order valence-corrected chi connectivity index (χ3v) is 1.23. The lowest BCUT2D eigenvalue weighted by molar-refractivity contribution is -0.382. The standard InChI is InChI=1S/C7H7BO3/c9-8(10)11-6-7-4-2-1-3-5-7/h1-5H,6H2/q-2. The molecule has 0 aromatic heterocycles. The monoisotopic (exact) mass is 150 g/mol. The smallest absolute Gasteiger partial charge is 0.0608 e. The minimum atomic E-state index is -2.18. The summed E-state index contributed by atoms with van der Waals surface area (Å²) >= 11 is 0. The van der Waals surface area contributed by atoms with E-state index in [0.29, 0.717) is 0 Å². The molecule has 0 amide bonds. The predicted octanol–water partition coefficient (Wildman–Crippen LogP) is -1.09. The van der Waals surface area contributed by atoms with Crippen molar-refractivity contribution < 1.29 is 14.7 Å². The Balaban J connectivity index is 2.39. The van der Waals surface area contributed by atoms with Gasteiger partial charge in [0, 0.05) is 0 Å². The van der Waals surface area contributed by atoms with Crippen molar-refractivity contribution in [1.29, 1.82) is 0 Å². The van der Waals surface area contributed by atoms with Crippen molar-refractivity contribution in [3.05, 3.63) is 35.9 Å². The van der Waals surface area contributed by atoms with Crippen LogP contribution in [0.3, 0.4) is 0 Å². The molecule has 0 N–H and O–H groups in total. The van der Waals surface area contributed by atoms with E-state index in [-0.39, 0.29) is 6.61 Å². The van der Waals surface area contributed by atoms with Crippen molar-refractivity contribution >= 4 is 7.32 Å². The Kier molecular flexibility index (Phi) is 3.10. The highest BCUT2D eigenvalue weighted by Gasteiger charge is 1.87. The van der Waals surface area contributed by atoms with Crippen LogP contribution in [-0.2, 0) is 11.3 Å². The lowest BCUT2D eigenvalue weighted by Gasteiger charge is -2.25. The van der Waals surface area contributed by atoms with E-state index in [9.17, 15) is 10.0 Å². The van der Waals surface area contributed by atoms with Gasteiger partial charge in [-0.15, -0.1) is 0 Å². The average molecular weight is 150 g/mol. The van der Waals surface area contributed by atoms with E-state index in [4.69, 9.17) is 0 Å². The summed E-state index contributed by atoms with van der Waals surface area (Å²) in [6.45, 7) is 0.0957. The van der Waals surface area contributed by atoms with E-state index in [1.807, 2.05) is 18.2 Å². The number of benzene rings is 1. The number of hydrogen-bond acceptors (Lipinski definition) is 3. The van der Waals surface area contributed by atoms with Gasteiger partial charge in [0.1, 0.15) is 0 Å². The van der Waals surface area contributed by atoms with E-state index in [0.717, 1.165) is 5.56 Å². The van der Waals surface area contributed by atoms with E-state index in [1.54, 1.807) is 12.1 Å². The number of rotatable bonds is 3. The van der Waals surface area contributed by atoms with Crippen LogP contribution in [0, 0.1) is 0 Å². The molecule has 0 saturated heterocycles. The highest BCUT2D eigenvalue weighted by atomic mass is 16.6. The molecule has 0 radical (unpaired) electrons. The third kappa shape index (κ3) is 3.18. The van der Waals surface area contributed by atoms with Crippen LogP contribution in [0.25, 0.3) is 0 Å². The van der Waals surface area contributed by atoms with Crippen molar-refractivity contribution in [1.82, 2.24) is 0 Å². The fourth-order valence-corrected chi connectivity index (χ4v) is 0.739. The van der Waals surface area contributed by atoms with Gasteiger partial charge in [-0.25, -0.2) is 0 Å². The van der Waals surface area contributed by atoms with Crippen molar-refractivity contribution in [2.24, 2.45) is 0 Å². The van der Waals surface area contributed by atoms with Crippen molar-refractivity contribution in [3.8, 4) is 0 Å². The number of hydrogen-bond donors (Lipinski definition) is 0. The van der Waals surface area contributed by atoms with Gasteiger partial charge in [0.25, 0.3) is 0 Å². The van der Waals surface area contributed by atoms with Crippen molar-refractivity contribution in [2.75, 3.05) is 0 Å². The van der Waals surface area contributed by atoms with Gasteiger partial charge in [-0.3, -0.25) is 0 Å². The first kappa shape index (κ1) is 8.26. The Labute approximate surface area is 65.4 Å². The fourth-order valence-electron chi connectivity index (χ4n) is 0.739. The first-order valence-corrected chi connectivity index (χ1v) is 3.26. The zero-order chi connectivity index (χ0) is 8.10. The van der Waals surface area contributed by atoms with Gasteiger partial charge < -0.3 is 14.7 Å². The maximum Gasteiger partial charge on any atom is 0.0608 e. The lowest BCUT2D eigenvalue weighted by atomic mass is 10.2. The van der Waals surface area contributed by atoms with Crippen LogP contribution in [0.5, 0.6) is 0 Å². The predicted molar refractivity (Wildman–Crippen MR) is 37.0 cm³/mol. The summed E-state index contributed by atoms with van der Waals surface area (Å²) < 4.78 is 4.32. The molecule has 0 heterocycles. The maximum atomic E-state index is 9.92. The van der Waals surface area contributed by atoms with Crippen LogP contribution in [0.15, 0.2) is 30.3 Å². The zero-order valence-corrected chi connectivity index (χ0v) is 5.90. The van der Waals surface area contributed by atoms with Gasteiger partial charge in [-0.05, 0) is 5.56 Å². The second-order valence-electron chi connectivity index (χ2n) is 2.09. The van der Waals surface area contributed by atoms with E-state index in [2.05, 4.69) is 4.65 Å². The molecular formula is C7H7BO3-2. The largest absolute Gasteiger partial charge is 0.871 e. The Hall–Kier alpha value is -0.835. The summed E-state index contributed by atoms with van der Waals surface area (Å²) in [7, 11) is -2.18. The van der Waals surface area contributed by atoms with Crippen LogP contribution in [-0.4, -0.2) is 7.32 Å². The molecular weight excluding hydrogens is 143 g/mol. The molecule has 1 rings (SSSR count). The lowest BCUT2D eigenvalue weighted by Crippen LogP contribution is -2.47. The van der Waals surface area contributed by atoms with Crippen LogP contribution in [0.4, 0.5) is 0 Å². The molecule has 3 nitrogen and oxygen atoms in total. The van der Waals surface area contributed by atoms with Crippen LogP contribution >= 0.6 is 0 Å². The fraction of sp³-hybridized carbons (Fsp3) is 0.143. The minimum absolute atomic E-state index is 0.0957. The summed E-state index contributed by atoms with van der Waals surface area (Å²) in [6.07, 6.45) is 0. The first-order chi connectivity index (χ1) is 5.29. The zero-order valence-electron chi connectivity index (χ0n) is 5.90. The molecule has 11 heavy (non-hydrogen) atoms. The summed E-state index contributed by atoms with van der Waals surface area (Å²) in [5, 5.41) is 19.8. The summed E-state index contributed by atoms with van der Waals surface area (Å²) in [5.74, 6) is 0. The summed E-state index contributed by atoms with van der Waals surface area (Å²) in [6, 6.07) is 9.09. The Morgan fingerprint density at radius 1 is 1.18 bits per heavy atom. The van der Waals surface area contributed by atoms with Gasteiger partial charge in [0.05, 0.1) is 13.9 Å². The van der Waals surface area contributed by atoms with Gasteiger partial charge in [-0.2, -0.15) is 0 Å². The van der Waals surface area contributed by atoms with Crippen LogP contribution in [0.1, 0.15) is 5.56 Å². The summed E-state index contributed by atoms with van der Waals surface area (Å²) in [5.41, 5.74) is 0.837. The van der Waals surface area contributed by atoms with Crippen LogP contribution in [0.2, 0.25) is 0 Å². The molecule has 0 bridgehead atoms. The third-order valence-electron chi connectivity index (χ3n) is 1.23. The maximum absolute atomic E-state index is 9.92. The molecule has 0 aliphatic rings. The van der Waals surface area contributed by atoms with Gasteiger partial charge in [0.15, 0.2) is 0 Å². The Bertz CT molecular complexity index is 200. The quantitative estimate of drug-likeness (QED) is 0.514. The molecule has 4 heteroatoms. The van der Waals surface area contributed by atoms with Gasteiger partial charge in [-0.1, -0.05) is 30.3 Å². The second kappa shape index (κ2) is 4.13. The molecule has 0 unspecified atom stereocenters. The molecule has 0 saturated carbocycles. The van der Waals surface area contributed by atoms with E-state index >= 15 is 0 Å². The van der Waals surface area contributed by atoms with E-state index in [1.165, 1.54) is 0 Å². The second-order valence-corrected chi connectivity index (χ2v) is 2.09. The average Bonchev–Trinajstić information content (AvgIpc) is 2.03. The molecule has 1 aromatic carbocycles. The molecule has 58 valence electrons. The molecule has 0 aliphatic carbocycles. The van der Waals surface area contributed by atoms with E-state index < -0.39 is 7.32 Å². The molecule has 0 fully saturated rings. The highest BCUT2D eigenvalue weighted by Crippen LogP contribution is 1.98. The SMILES string of the molecule is [O-]B([O-])OCc1ccccc1. The van der Waals surface area contributed by atoms with Crippen LogP contribution < -0.4 is 10.0 Å². The highest BCUT2D eigenvalue weighted by molar-refractivity contribution is 6.28. The molecule has 0 atom stereocenters. The van der Waals surface area contributed by atoms with Gasteiger partial charge in [0.2, 0.25) is 0 Å². The normalized spacial score (nSPS) is 9.64. The van der Waals surface area contributed by atoms with Crippen molar-refractivity contribution in [3.63, 3.8) is 0 Å². The Morgan fingerprint density at radius 3 is 2.36 bits per heavy atom. The molecule has 0 spiro atoms. The van der Waals surface area contributed by atoms with Crippen molar-refractivity contribution in [2.45, 2.75) is 6.61 Å². The molecule has 0 aliphatic heterocycles. The molecule has 1 aromatic rings. The Morgan fingerprint density at radius 2 is 1.82 bits per heavy atom. The first-order valence-electron chi connectivity index (χ1n) is 3.26.